The fraction of sp³-hybridized carbons (Fsp3) is 0.316. The summed E-state index contributed by atoms with van der Waals surface area (Å²) in [4.78, 5) is 13.5. The molecule has 29 heavy (non-hydrogen) atoms. The van der Waals surface area contributed by atoms with Crippen molar-refractivity contribution in [1.82, 2.24) is 4.90 Å². The van der Waals surface area contributed by atoms with E-state index in [0.717, 1.165) is 23.1 Å². The number of piperidine rings is 1. The maximum atomic E-state index is 13.0. The van der Waals surface area contributed by atoms with Crippen molar-refractivity contribution in [1.29, 1.82) is 0 Å². The molecule has 2 aromatic carbocycles. The Morgan fingerprint density at radius 1 is 1.10 bits per heavy atom. The molecule has 0 radical (unpaired) electrons. The molecule has 2 aromatic rings. The summed E-state index contributed by atoms with van der Waals surface area (Å²) in [7, 11) is -4.07. The number of anilines is 1. The molecule has 1 amide bonds. The fourth-order valence-corrected chi connectivity index (χ4v) is 4.24. The van der Waals surface area contributed by atoms with Gasteiger partial charge in [-0.25, -0.2) is 12.8 Å². The summed E-state index contributed by atoms with van der Waals surface area (Å²) in [6.45, 7) is -0.274. The largest absolute Gasteiger partial charge is 0.393 e. The molecule has 1 atom stereocenters. The SMILES string of the molecule is O=C(c1cccc(S(=O)(=O)Nc2ccc(F)cc2)c1)N1CCCC(C(F)(F)F)C1. The van der Waals surface area contributed by atoms with Crippen molar-refractivity contribution >= 4 is 21.6 Å². The van der Waals surface area contributed by atoms with Crippen molar-refractivity contribution in [2.24, 2.45) is 5.92 Å². The normalized spacial score (nSPS) is 17.8. The number of benzene rings is 2. The van der Waals surface area contributed by atoms with Crippen LogP contribution in [0.15, 0.2) is 53.4 Å². The lowest BCUT2D eigenvalue weighted by atomic mass is 9.97. The van der Waals surface area contributed by atoms with Gasteiger partial charge in [-0.3, -0.25) is 9.52 Å². The zero-order valence-corrected chi connectivity index (χ0v) is 15.9. The van der Waals surface area contributed by atoms with Crippen LogP contribution in [0.1, 0.15) is 23.2 Å². The van der Waals surface area contributed by atoms with Gasteiger partial charge in [0.1, 0.15) is 5.82 Å². The zero-order chi connectivity index (χ0) is 21.2. The molecule has 1 saturated heterocycles. The van der Waals surface area contributed by atoms with E-state index in [1.54, 1.807) is 0 Å². The maximum Gasteiger partial charge on any atom is 0.393 e. The van der Waals surface area contributed by atoms with Crippen molar-refractivity contribution in [3.05, 3.63) is 59.9 Å². The van der Waals surface area contributed by atoms with E-state index in [0.29, 0.717) is 0 Å². The molecule has 1 aliphatic heterocycles. The molecule has 3 rings (SSSR count). The Bertz CT molecular complexity index is 991. The summed E-state index contributed by atoms with van der Waals surface area (Å²) >= 11 is 0. The lowest BCUT2D eigenvalue weighted by Crippen LogP contribution is -2.44. The number of rotatable bonds is 4. The van der Waals surface area contributed by atoms with Crippen molar-refractivity contribution in [3.8, 4) is 0 Å². The quantitative estimate of drug-likeness (QED) is 0.745. The third kappa shape index (κ3) is 5.06. The second kappa shape index (κ2) is 8.02. The number of likely N-dealkylation sites (tertiary alicyclic amines) is 1. The number of carbonyl (C=O) groups excluding carboxylic acids is 1. The number of alkyl halides is 3. The monoisotopic (exact) mass is 430 g/mol. The highest BCUT2D eigenvalue weighted by molar-refractivity contribution is 7.92. The Hall–Kier alpha value is -2.62. The number of hydrogen-bond donors (Lipinski definition) is 1. The highest BCUT2D eigenvalue weighted by atomic mass is 32.2. The van der Waals surface area contributed by atoms with Gasteiger partial charge >= 0.3 is 6.18 Å². The Morgan fingerprint density at radius 3 is 2.45 bits per heavy atom. The van der Waals surface area contributed by atoms with Crippen LogP contribution in [-0.2, 0) is 10.0 Å². The molecular formula is C19H18F4N2O3S. The topological polar surface area (TPSA) is 66.5 Å². The minimum atomic E-state index is -4.39. The van der Waals surface area contributed by atoms with E-state index in [1.165, 1.54) is 30.3 Å². The molecule has 1 N–H and O–H groups in total. The number of sulfonamides is 1. The summed E-state index contributed by atoms with van der Waals surface area (Å²) in [5.41, 5.74) is 0.113. The number of nitrogens with one attached hydrogen (secondary N) is 1. The molecule has 5 nitrogen and oxygen atoms in total. The third-order valence-electron chi connectivity index (χ3n) is 4.66. The predicted octanol–water partition coefficient (Wildman–Crippen LogP) is 4.04. The first-order chi connectivity index (χ1) is 13.6. The van der Waals surface area contributed by atoms with E-state index in [9.17, 15) is 30.8 Å². The van der Waals surface area contributed by atoms with Crippen LogP contribution in [0.2, 0.25) is 0 Å². The van der Waals surface area contributed by atoms with Crippen LogP contribution in [0.5, 0.6) is 0 Å². The van der Waals surface area contributed by atoms with Crippen molar-refractivity contribution < 1.29 is 30.8 Å². The molecule has 1 heterocycles. The first-order valence-electron chi connectivity index (χ1n) is 8.81. The molecule has 10 heteroatoms. The van der Waals surface area contributed by atoms with Crippen molar-refractivity contribution in [3.63, 3.8) is 0 Å². The van der Waals surface area contributed by atoms with E-state index < -0.39 is 40.4 Å². The smallest absolute Gasteiger partial charge is 0.338 e. The molecule has 0 bridgehead atoms. The Kier molecular flexibility index (Phi) is 5.83. The number of amides is 1. The Labute approximate surface area is 165 Å². The van der Waals surface area contributed by atoms with Gasteiger partial charge in [0.25, 0.3) is 15.9 Å². The molecule has 1 aliphatic rings. The van der Waals surface area contributed by atoms with E-state index in [-0.39, 0.29) is 35.5 Å². The highest BCUT2D eigenvalue weighted by Crippen LogP contribution is 2.33. The highest BCUT2D eigenvalue weighted by Gasteiger charge is 2.42. The van der Waals surface area contributed by atoms with E-state index in [4.69, 9.17) is 0 Å². The van der Waals surface area contributed by atoms with Crippen LogP contribution in [0.3, 0.4) is 0 Å². The average Bonchev–Trinajstić information content (AvgIpc) is 2.68. The molecule has 0 spiro atoms. The summed E-state index contributed by atoms with van der Waals surface area (Å²) in [5.74, 6) is -2.77. The van der Waals surface area contributed by atoms with Gasteiger partial charge in [-0.1, -0.05) is 6.07 Å². The summed E-state index contributed by atoms with van der Waals surface area (Å²) in [6, 6.07) is 9.74. The minimum absolute atomic E-state index is 0.0187. The van der Waals surface area contributed by atoms with Gasteiger partial charge < -0.3 is 4.90 Å². The first kappa shape index (κ1) is 21.1. The third-order valence-corrected chi connectivity index (χ3v) is 6.04. The fourth-order valence-electron chi connectivity index (χ4n) is 3.14. The Balaban J connectivity index is 1.79. The molecule has 1 unspecified atom stereocenters. The van der Waals surface area contributed by atoms with Gasteiger partial charge in [0.2, 0.25) is 0 Å². The molecule has 156 valence electrons. The van der Waals surface area contributed by atoms with Crippen LogP contribution in [0.4, 0.5) is 23.2 Å². The van der Waals surface area contributed by atoms with Gasteiger partial charge in [-0.05, 0) is 55.3 Å². The number of halogens is 4. The van der Waals surface area contributed by atoms with Crippen LogP contribution >= 0.6 is 0 Å². The van der Waals surface area contributed by atoms with E-state index in [1.807, 2.05) is 0 Å². The first-order valence-corrected chi connectivity index (χ1v) is 10.3. The molecule has 0 aliphatic carbocycles. The van der Waals surface area contributed by atoms with Gasteiger partial charge in [-0.15, -0.1) is 0 Å². The number of nitrogens with zero attached hydrogens (tertiary/aromatic N) is 1. The van der Waals surface area contributed by atoms with Crippen LogP contribution in [0.25, 0.3) is 0 Å². The lowest BCUT2D eigenvalue weighted by Gasteiger charge is -2.33. The van der Waals surface area contributed by atoms with Crippen LogP contribution < -0.4 is 4.72 Å². The second-order valence-corrected chi connectivity index (χ2v) is 8.45. The molecular weight excluding hydrogens is 412 g/mol. The van der Waals surface area contributed by atoms with Crippen molar-refractivity contribution in [2.75, 3.05) is 17.8 Å². The van der Waals surface area contributed by atoms with E-state index in [2.05, 4.69) is 4.72 Å². The standard InChI is InChI=1S/C19H18F4N2O3S/c20-15-6-8-16(9-7-15)24-29(27,28)17-5-1-3-13(11-17)18(26)25-10-2-4-14(12-25)19(21,22)23/h1,3,5-9,11,14,24H,2,4,10,12H2. The lowest BCUT2D eigenvalue weighted by molar-refractivity contribution is -0.184. The van der Waals surface area contributed by atoms with Gasteiger partial charge in [0.15, 0.2) is 0 Å². The van der Waals surface area contributed by atoms with Gasteiger partial charge in [0, 0.05) is 24.3 Å². The van der Waals surface area contributed by atoms with E-state index >= 15 is 0 Å². The number of carbonyl (C=O) groups is 1. The molecule has 0 saturated carbocycles. The van der Waals surface area contributed by atoms with Gasteiger partial charge in [-0.2, -0.15) is 13.2 Å². The maximum absolute atomic E-state index is 13.0. The van der Waals surface area contributed by atoms with Gasteiger partial charge in [0.05, 0.1) is 10.8 Å². The van der Waals surface area contributed by atoms with Crippen LogP contribution in [0, 0.1) is 11.7 Å². The van der Waals surface area contributed by atoms with Crippen molar-refractivity contribution in [2.45, 2.75) is 23.9 Å². The zero-order valence-electron chi connectivity index (χ0n) is 15.1. The Morgan fingerprint density at radius 2 is 1.79 bits per heavy atom. The molecule has 1 fully saturated rings. The molecule has 0 aromatic heterocycles. The summed E-state index contributed by atoms with van der Waals surface area (Å²) in [6.07, 6.45) is -4.20. The minimum Gasteiger partial charge on any atom is -0.338 e. The average molecular weight is 430 g/mol. The van der Waals surface area contributed by atoms with Crippen LogP contribution in [-0.4, -0.2) is 38.5 Å². The second-order valence-electron chi connectivity index (χ2n) is 6.77. The number of hydrogen-bond acceptors (Lipinski definition) is 3. The predicted molar refractivity (Wildman–Crippen MR) is 98.3 cm³/mol. The summed E-state index contributed by atoms with van der Waals surface area (Å²) < 4.78 is 79.3. The summed E-state index contributed by atoms with van der Waals surface area (Å²) in [5, 5.41) is 0.